The van der Waals surface area contributed by atoms with Gasteiger partial charge in [-0.3, -0.25) is 4.40 Å². The Morgan fingerprint density at radius 2 is 2.11 bits per heavy atom. The van der Waals surface area contributed by atoms with Crippen molar-refractivity contribution in [3.8, 4) is 0 Å². The van der Waals surface area contributed by atoms with Crippen LogP contribution >= 0.6 is 0 Å². The van der Waals surface area contributed by atoms with Gasteiger partial charge in [-0.1, -0.05) is 26.8 Å². The Morgan fingerprint density at radius 3 is 2.79 bits per heavy atom. The largest absolute Gasteiger partial charge is 0.330 e. The molecule has 2 heterocycles. The SMILES string of the molecule is CC(C)(C)c1ccc2c(c1)nc1[nH]c(CCN)cn12. The molecule has 100 valence electrons. The second-order valence-corrected chi connectivity index (χ2v) is 6.08. The van der Waals surface area contributed by atoms with Gasteiger partial charge < -0.3 is 10.7 Å². The summed E-state index contributed by atoms with van der Waals surface area (Å²) < 4.78 is 2.10. The Kier molecular flexibility index (Phi) is 2.64. The molecule has 1 aromatic carbocycles. The maximum absolute atomic E-state index is 5.58. The highest BCUT2D eigenvalue weighted by molar-refractivity contribution is 5.80. The van der Waals surface area contributed by atoms with E-state index in [1.807, 2.05) is 0 Å². The van der Waals surface area contributed by atoms with Crippen molar-refractivity contribution < 1.29 is 0 Å². The van der Waals surface area contributed by atoms with Crippen molar-refractivity contribution in [3.05, 3.63) is 35.7 Å². The molecule has 0 saturated carbocycles. The van der Waals surface area contributed by atoms with E-state index in [4.69, 9.17) is 5.73 Å². The molecule has 0 bridgehead atoms. The number of fused-ring (bicyclic) bond motifs is 3. The molecule has 3 aromatic rings. The Morgan fingerprint density at radius 1 is 1.32 bits per heavy atom. The molecule has 19 heavy (non-hydrogen) atoms. The minimum atomic E-state index is 0.149. The van der Waals surface area contributed by atoms with Gasteiger partial charge in [0.15, 0.2) is 0 Å². The van der Waals surface area contributed by atoms with E-state index in [9.17, 15) is 0 Å². The standard InChI is InChI=1S/C15H20N4/c1-15(2,3)10-4-5-13-12(8-10)18-14-17-11(6-7-16)9-19(13)14/h4-5,8-9H,6-7,16H2,1-3H3,(H,17,18). The van der Waals surface area contributed by atoms with E-state index in [-0.39, 0.29) is 5.41 Å². The van der Waals surface area contributed by atoms with Crippen molar-refractivity contribution in [2.45, 2.75) is 32.6 Å². The zero-order valence-corrected chi connectivity index (χ0v) is 11.7. The second kappa shape index (κ2) is 4.10. The quantitative estimate of drug-likeness (QED) is 0.740. The minimum Gasteiger partial charge on any atom is -0.330 e. The highest BCUT2D eigenvalue weighted by Gasteiger charge is 2.16. The lowest BCUT2D eigenvalue weighted by Crippen LogP contribution is -2.10. The van der Waals surface area contributed by atoms with E-state index >= 15 is 0 Å². The van der Waals surface area contributed by atoms with Gasteiger partial charge in [-0.05, 0) is 29.7 Å². The summed E-state index contributed by atoms with van der Waals surface area (Å²) in [6.07, 6.45) is 2.94. The molecule has 3 rings (SSSR count). The topological polar surface area (TPSA) is 59.1 Å². The number of nitrogens with one attached hydrogen (secondary N) is 1. The normalized spacial score (nSPS) is 12.6. The average molecular weight is 256 g/mol. The first-order chi connectivity index (χ1) is 8.99. The van der Waals surface area contributed by atoms with Crippen molar-refractivity contribution in [1.82, 2.24) is 14.4 Å². The van der Waals surface area contributed by atoms with Crippen LogP contribution in [-0.4, -0.2) is 20.9 Å². The summed E-state index contributed by atoms with van der Waals surface area (Å²) in [5, 5.41) is 0. The van der Waals surface area contributed by atoms with E-state index in [2.05, 4.69) is 59.5 Å². The molecule has 0 fully saturated rings. The summed E-state index contributed by atoms with van der Waals surface area (Å²) in [7, 11) is 0. The first kappa shape index (κ1) is 12.2. The lowest BCUT2D eigenvalue weighted by Gasteiger charge is -2.18. The van der Waals surface area contributed by atoms with Gasteiger partial charge in [0.2, 0.25) is 5.78 Å². The third-order valence-electron chi connectivity index (χ3n) is 3.53. The number of hydrogen-bond donors (Lipinski definition) is 2. The number of imidazole rings is 2. The summed E-state index contributed by atoms with van der Waals surface area (Å²) in [4.78, 5) is 7.97. The number of aromatic nitrogens is 3. The van der Waals surface area contributed by atoms with Crippen LogP contribution in [0, 0.1) is 0 Å². The number of rotatable bonds is 2. The van der Waals surface area contributed by atoms with Crippen molar-refractivity contribution in [2.24, 2.45) is 5.73 Å². The third kappa shape index (κ3) is 2.02. The number of aromatic amines is 1. The van der Waals surface area contributed by atoms with Crippen LogP contribution in [0.4, 0.5) is 0 Å². The third-order valence-corrected chi connectivity index (χ3v) is 3.53. The average Bonchev–Trinajstić information content (AvgIpc) is 2.84. The van der Waals surface area contributed by atoms with Gasteiger partial charge >= 0.3 is 0 Å². The van der Waals surface area contributed by atoms with E-state index in [0.29, 0.717) is 6.54 Å². The molecular formula is C15H20N4. The lowest BCUT2D eigenvalue weighted by atomic mass is 9.87. The van der Waals surface area contributed by atoms with Gasteiger partial charge in [0.05, 0.1) is 11.0 Å². The van der Waals surface area contributed by atoms with E-state index in [1.54, 1.807) is 0 Å². The molecule has 0 radical (unpaired) electrons. The van der Waals surface area contributed by atoms with Gasteiger partial charge in [-0.25, -0.2) is 4.98 Å². The number of nitrogens with two attached hydrogens (primary N) is 1. The molecule has 0 spiro atoms. The Hall–Kier alpha value is -1.81. The van der Waals surface area contributed by atoms with Gasteiger partial charge in [-0.2, -0.15) is 0 Å². The monoisotopic (exact) mass is 256 g/mol. The van der Waals surface area contributed by atoms with Gasteiger partial charge in [0, 0.05) is 18.3 Å². The minimum absolute atomic E-state index is 0.149. The van der Waals surface area contributed by atoms with E-state index in [1.165, 1.54) is 5.56 Å². The highest BCUT2D eigenvalue weighted by Crippen LogP contribution is 2.26. The predicted molar refractivity (Wildman–Crippen MR) is 78.5 cm³/mol. The Labute approximate surface area is 112 Å². The van der Waals surface area contributed by atoms with Crippen LogP contribution in [0.5, 0.6) is 0 Å². The summed E-state index contributed by atoms with van der Waals surface area (Å²) in [6, 6.07) is 6.51. The predicted octanol–water partition coefficient (Wildman–Crippen LogP) is 2.61. The molecule has 0 aliphatic rings. The van der Waals surface area contributed by atoms with Crippen LogP contribution in [0.3, 0.4) is 0 Å². The molecule has 0 saturated heterocycles. The number of H-pyrrole nitrogens is 1. The first-order valence-corrected chi connectivity index (χ1v) is 6.69. The molecule has 0 aliphatic heterocycles. The Bertz CT molecular complexity index is 728. The van der Waals surface area contributed by atoms with E-state index < -0.39 is 0 Å². The molecule has 3 N–H and O–H groups in total. The summed E-state index contributed by atoms with van der Waals surface area (Å²) in [6.45, 7) is 7.30. The molecule has 2 aromatic heterocycles. The van der Waals surface area contributed by atoms with Crippen molar-refractivity contribution >= 4 is 16.8 Å². The lowest BCUT2D eigenvalue weighted by molar-refractivity contribution is 0.591. The Balaban J connectivity index is 2.16. The van der Waals surface area contributed by atoms with Gasteiger partial charge in [-0.15, -0.1) is 0 Å². The number of benzene rings is 1. The molecule has 0 amide bonds. The molecule has 4 heteroatoms. The zero-order chi connectivity index (χ0) is 13.6. The first-order valence-electron chi connectivity index (χ1n) is 6.69. The van der Waals surface area contributed by atoms with Crippen molar-refractivity contribution in [2.75, 3.05) is 6.54 Å². The van der Waals surface area contributed by atoms with Crippen molar-refractivity contribution in [3.63, 3.8) is 0 Å². The molecule has 0 aliphatic carbocycles. The summed E-state index contributed by atoms with van der Waals surface area (Å²) in [5.41, 5.74) is 10.4. The van der Waals surface area contributed by atoms with Gasteiger partial charge in [0.1, 0.15) is 0 Å². The molecular weight excluding hydrogens is 236 g/mol. The van der Waals surface area contributed by atoms with Crippen LogP contribution in [0.25, 0.3) is 16.8 Å². The maximum Gasteiger partial charge on any atom is 0.212 e. The highest BCUT2D eigenvalue weighted by atomic mass is 15.1. The smallest absolute Gasteiger partial charge is 0.212 e. The fraction of sp³-hybridized carbons (Fsp3) is 0.400. The second-order valence-electron chi connectivity index (χ2n) is 6.08. The number of nitrogens with zero attached hydrogens (tertiary/aromatic N) is 2. The van der Waals surface area contributed by atoms with Crippen LogP contribution in [0.15, 0.2) is 24.4 Å². The maximum atomic E-state index is 5.58. The van der Waals surface area contributed by atoms with Crippen molar-refractivity contribution in [1.29, 1.82) is 0 Å². The van der Waals surface area contributed by atoms with Crippen LogP contribution in [0.2, 0.25) is 0 Å². The molecule has 4 nitrogen and oxygen atoms in total. The van der Waals surface area contributed by atoms with Crippen LogP contribution in [-0.2, 0) is 11.8 Å². The number of hydrogen-bond acceptors (Lipinski definition) is 2. The summed E-state index contributed by atoms with van der Waals surface area (Å²) >= 11 is 0. The van der Waals surface area contributed by atoms with Crippen LogP contribution < -0.4 is 5.73 Å². The fourth-order valence-electron chi connectivity index (χ4n) is 2.40. The molecule has 0 unspecified atom stereocenters. The zero-order valence-electron chi connectivity index (χ0n) is 11.7. The molecule has 0 atom stereocenters. The van der Waals surface area contributed by atoms with Crippen LogP contribution in [0.1, 0.15) is 32.0 Å². The summed E-state index contributed by atoms with van der Waals surface area (Å²) in [5.74, 6) is 0.893. The fourth-order valence-corrected chi connectivity index (χ4v) is 2.40. The van der Waals surface area contributed by atoms with Gasteiger partial charge in [0.25, 0.3) is 0 Å². The van der Waals surface area contributed by atoms with E-state index in [0.717, 1.165) is 28.9 Å².